The van der Waals surface area contributed by atoms with E-state index in [2.05, 4.69) is 33.1 Å². The quantitative estimate of drug-likeness (QED) is 0.664. The second-order valence-corrected chi connectivity index (χ2v) is 4.29. The van der Waals surface area contributed by atoms with Gasteiger partial charge in [-0.15, -0.1) is 6.58 Å². The maximum atomic E-state index is 11.7. The van der Waals surface area contributed by atoms with Crippen LogP contribution in [0.25, 0.3) is 0 Å². The first-order valence-corrected chi connectivity index (χ1v) is 5.79. The molecule has 0 aromatic heterocycles. The lowest BCUT2D eigenvalue weighted by Crippen LogP contribution is -2.39. The molecule has 2 N–H and O–H groups in total. The molecule has 0 radical (unpaired) electrons. The number of thiocarbonyl (C=S) groups is 1. The van der Waals surface area contributed by atoms with Gasteiger partial charge in [0.05, 0.1) is 0 Å². The standard InChI is InChI=1S/C11H11BrN2OS/c1-2-6-13-11(16)14-10(15)8-4-3-5-9(12)7-8/h2-5,7H,1,6H2,(H2,13,14,15,16). The van der Waals surface area contributed by atoms with E-state index in [1.165, 1.54) is 0 Å². The van der Waals surface area contributed by atoms with Gasteiger partial charge in [-0.2, -0.15) is 0 Å². The monoisotopic (exact) mass is 298 g/mol. The summed E-state index contributed by atoms with van der Waals surface area (Å²) in [6, 6.07) is 7.09. The molecule has 0 heterocycles. The molecule has 1 aromatic carbocycles. The van der Waals surface area contributed by atoms with Crippen molar-refractivity contribution in [1.82, 2.24) is 10.6 Å². The highest BCUT2D eigenvalue weighted by Gasteiger charge is 2.06. The summed E-state index contributed by atoms with van der Waals surface area (Å²) in [7, 11) is 0. The highest BCUT2D eigenvalue weighted by Crippen LogP contribution is 2.11. The molecule has 5 heteroatoms. The molecule has 0 aliphatic carbocycles. The van der Waals surface area contributed by atoms with Crippen LogP contribution in [0.4, 0.5) is 0 Å². The average Bonchev–Trinajstić information content (AvgIpc) is 2.26. The minimum Gasteiger partial charge on any atom is -0.359 e. The number of hydrogen-bond acceptors (Lipinski definition) is 2. The van der Waals surface area contributed by atoms with Crippen molar-refractivity contribution < 1.29 is 4.79 Å². The Morgan fingerprint density at radius 3 is 2.94 bits per heavy atom. The van der Waals surface area contributed by atoms with Gasteiger partial charge < -0.3 is 5.32 Å². The van der Waals surface area contributed by atoms with Crippen molar-refractivity contribution in [3.8, 4) is 0 Å². The van der Waals surface area contributed by atoms with E-state index in [4.69, 9.17) is 12.2 Å². The normalized spacial score (nSPS) is 9.31. The second kappa shape index (κ2) is 6.40. The van der Waals surface area contributed by atoms with Gasteiger partial charge in [0.2, 0.25) is 0 Å². The second-order valence-electron chi connectivity index (χ2n) is 2.96. The van der Waals surface area contributed by atoms with Gasteiger partial charge in [0.25, 0.3) is 5.91 Å². The van der Waals surface area contributed by atoms with E-state index < -0.39 is 0 Å². The van der Waals surface area contributed by atoms with Crippen LogP contribution < -0.4 is 10.6 Å². The fraction of sp³-hybridized carbons (Fsp3) is 0.0909. The molecule has 1 rings (SSSR count). The van der Waals surface area contributed by atoms with Gasteiger partial charge >= 0.3 is 0 Å². The van der Waals surface area contributed by atoms with Gasteiger partial charge in [-0.1, -0.05) is 28.1 Å². The Hall–Kier alpha value is -1.20. The van der Waals surface area contributed by atoms with Crippen LogP contribution in [0, 0.1) is 0 Å². The number of carbonyl (C=O) groups is 1. The van der Waals surface area contributed by atoms with Crippen molar-refractivity contribution in [2.45, 2.75) is 0 Å². The number of carbonyl (C=O) groups excluding carboxylic acids is 1. The van der Waals surface area contributed by atoms with Crippen molar-refractivity contribution in [1.29, 1.82) is 0 Å². The third kappa shape index (κ3) is 4.12. The molecule has 0 saturated carbocycles. The predicted molar refractivity (Wildman–Crippen MR) is 72.4 cm³/mol. The van der Waals surface area contributed by atoms with Crippen molar-refractivity contribution in [3.63, 3.8) is 0 Å². The summed E-state index contributed by atoms with van der Waals surface area (Å²) in [5.74, 6) is -0.233. The first kappa shape index (κ1) is 12.9. The molecule has 16 heavy (non-hydrogen) atoms. The van der Waals surface area contributed by atoms with Gasteiger partial charge in [0, 0.05) is 16.6 Å². The summed E-state index contributed by atoms with van der Waals surface area (Å²) in [4.78, 5) is 11.7. The van der Waals surface area contributed by atoms with Gasteiger partial charge in [0.15, 0.2) is 5.11 Å². The Kier molecular flexibility index (Phi) is 5.14. The number of benzene rings is 1. The molecule has 0 saturated heterocycles. The Balaban J connectivity index is 2.58. The van der Waals surface area contributed by atoms with Crippen LogP contribution in [0.1, 0.15) is 10.4 Å². The lowest BCUT2D eigenvalue weighted by molar-refractivity contribution is 0.0976. The first-order chi connectivity index (χ1) is 7.63. The van der Waals surface area contributed by atoms with Crippen LogP contribution in [0.15, 0.2) is 41.4 Å². The highest BCUT2D eigenvalue weighted by atomic mass is 79.9. The molecule has 84 valence electrons. The molecule has 0 spiro atoms. The minimum atomic E-state index is -0.233. The average molecular weight is 299 g/mol. The Morgan fingerprint density at radius 2 is 2.31 bits per heavy atom. The molecule has 3 nitrogen and oxygen atoms in total. The molecule has 0 fully saturated rings. The number of amides is 1. The molecular formula is C11H11BrN2OS. The predicted octanol–water partition coefficient (Wildman–Crippen LogP) is 2.24. The van der Waals surface area contributed by atoms with Crippen LogP contribution in [-0.4, -0.2) is 17.6 Å². The SMILES string of the molecule is C=CCNC(=S)NC(=O)c1cccc(Br)c1. The highest BCUT2D eigenvalue weighted by molar-refractivity contribution is 9.10. The molecule has 0 aliphatic rings. The summed E-state index contributed by atoms with van der Waals surface area (Å²) >= 11 is 8.22. The number of halogens is 1. The molecule has 0 atom stereocenters. The van der Waals surface area contributed by atoms with Crippen LogP contribution in [0.2, 0.25) is 0 Å². The van der Waals surface area contributed by atoms with E-state index in [0.29, 0.717) is 17.2 Å². The van der Waals surface area contributed by atoms with E-state index >= 15 is 0 Å². The zero-order valence-corrected chi connectivity index (χ0v) is 10.9. The van der Waals surface area contributed by atoms with Crippen molar-refractivity contribution in [2.24, 2.45) is 0 Å². The molecule has 0 aliphatic heterocycles. The van der Waals surface area contributed by atoms with Gasteiger partial charge in [0.1, 0.15) is 0 Å². The van der Waals surface area contributed by atoms with E-state index in [9.17, 15) is 4.79 Å². The molecule has 0 unspecified atom stereocenters. The minimum absolute atomic E-state index is 0.233. The summed E-state index contributed by atoms with van der Waals surface area (Å²) in [6.07, 6.45) is 1.66. The maximum Gasteiger partial charge on any atom is 0.257 e. The number of hydrogen-bond donors (Lipinski definition) is 2. The van der Waals surface area contributed by atoms with Gasteiger partial charge in [-0.3, -0.25) is 10.1 Å². The zero-order chi connectivity index (χ0) is 12.0. The zero-order valence-electron chi connectivity index (χ0n) is 8.50. The number of rotatable bonds is 3. The van der Waals surface area contributed by atoms with Gasteiger partial charge in [-0.05, 0) is 30.4 Å². The molecule has 1 amide bonds. The number of nitrogens with one attached hydrogen (secondary N) is 2. The van der Waals surface area contributed by atoms with Crippen LogP contribution in [0.5, 0.6) is 0 Å². The summed E-state index contributed by atoms with van der Waals surface area (Å²) < 4.78 is 0.852. The van der Waals surface area contributed by atoms with E-state index in [-0.39, 0.29) is 5.91 Å². The lowest BCUT2D eigenvalue weighted by Gasteiger charge is -2.07. The Labute approximate surface area is 108 Å². The van der Waals surface area contributed by atoms with Gasteiger partial charge in [-0.25, -0.2) is 0 Å². The summed E-state index contributed by atoms with van der Waals surface area (Å²) in [6.45, 7) is 4.07. The van der Waals surface area contributed by atoms with E-state index in [0.717, 1.165) is 4.47 Å². The summed E-state index contributed by atoms with van der Waals surface area (Å²) in [5, 5.41) is 5.68. The van der Waals surface area contributed by atoms with Crippen molar-refractivity contribution >= 4 is 39.2 Å². The molecule has 1 aromatic rings. The smallest absolute Gasteiger partial charge is 0.257 e. The van der Waals surface area contributed by atoms with Crippen LogP contribution in [0.3, 0.4) is 0 Å². The largest absolute Gasteiger partial charge is 0.359 e. The lowest BCUT2D eigenvalue weighted by atomic mass is 10.2. The van der Waals surface area contributed by atoms with E-state index in [1.807, 2.05) is 6.07 Å². The topological polar surface area (TPSA) is 41.1 Å². The molecular weight excluding hydrogens is 288 g/mol. The first-order valence-electron chi connectivity index (χ1n) is 4.59. The third-order valence-electron chi connectivity index (χ3n) is 1.72. The third-order valence-corrected chi connectivity index (χ3v) is 2.46. The summed E-state index contributed by atoms with van der Waals surface area (Å²) in [5.41, 5.74) is 0.553. The Morgan fingerprint density at radius 1 is 1.56 bits per heavy atom. The molecule has 0 bridgehead atoms. The van der Waals surface area contributed by atoms with Crippen LogP contribution in [-0.2, 0) is 0 Å². The van der Waals surface area contributed by atoms with Crippen molar-refractivity contribution in [3.05, 3.63) is 47.0 Å². The Bertz CT molecular complexity index is 420. The van der Waals surface area contributed by atoms with E-state index in [1.54, 1.807) is 24.3 Å². The fourth-order valence-electron chi connectivity index (χ4n) is 1.01. The van der Waals surface area contributed by atoms with Crippen LogP contribution >= 0.6 is 28.1 Å². The fourth-order valence-corrected chi connectivity index (χ4v) is 1.59. The maximum absolute atomic E-state index is 11.7. The van der Waals surface area contributed by atoms with Crippen molar-refractivity contribution in [2.75, 3.05) is 6.54 Å².